The Balaban J connectivity index is 1.40. The number of hydrogen-bond donors (Lipinski definition) is 3. The van der Waals surface area contributed by atoms with Gasteiger partial charge in [-0.15, -0.1) is 0 Å². The highest BCUT2D eigenvalue weighted by Gasteiger charge is 2.23. The Morgan fingerprint density at radius 1 is 0.860 bits per heavy atom. The number of benzene rings is 3. The summed E-state index contributed by atoms with van der Waals surface area (Å²) >= 11 is 6.52. The largest absolute Gasteiger partial charge is 0.492 e. The van der Waals surface area contributed by atoms with Crippen LogP contribution in [-0.2, 0) is 21.4 Å². The molecule has 9 nitrogen and oxygen atoms in total. The number of unbranched alkanes of at least 4 members (excludes halogenated alkanes) is 4. The lowest BCUT2D eigenvalue weighted by atomic mass is 9.86. The fourth-order valence-corrected chi connectivity index (χ4v) is 5.56. The minimum absolute atomic E-state index is 0.0452. The number of carboxylic acids is 1. The summed E-state index contributed by atoms with van der Waals surface area (Å²) in [5.41, 5.74) is 4.73. The molecule has 0 radical (unpaired) electrons. The topological polar surface area (TPSA) is 131 Å². The van der Waals surface area contributed by atoms with Gasteiger partial charge in [0.25, 0.3) is 5.91 Å². The van der Waals surface area contributed by atoms with E-state index in [0.29, 0.717) is 28.8 Å². The van der Waals surface area contributed by atoms with Crippen LogP contribution in [0, 0.1) is 0 Å². The number of carbonyl (C=O) groups excluding carboxylic acids is 2. The van der Waals surface area contributed by atoms with Gasteiger partial charge < -0.3 is 20.5 Å². The minimum atomic E-state index is -1.02. The van der Waals surface area contributed by atoms with Crippen LogP contribution in [0.5, 0.6) is 5.75 Å². The molecular formula is C40H47ClN4O5. The minimum Gasteiger partial charge on any atom is -0.492 e. The summed E-state index contributed by atoms with van der Waals surface area (Å²) in [5, 5.41) is 15.0. The van der Waals surface area contributed by atoms with Crippen LogP contribution in [0.15, 0.2) is 79.1 Å². The second kappa shape index (κ2) is 18.3. The summed E-state index contributed by atoms with van der Waals surface area (Å²) in [6.45, 7) is 9.07. The summed E-state index contributed by atoms with van der Waals surface area (Å²) in [6, 6.07) is 19.5. The number of carboxylic acid groups (broad SMARTS) is 1. The third kappa shape index (κ3) is 11.4. The highest BCUT2D eigenvalue weighted by molar-refractivity contribution is 6.32. The van der Waals surface area contributed by atoms with E-state index in [1.165, 1.54) is 19.3 Å². The molecule has 50 heavy (non-hydrogen) atoms. The molecule has 4 rings (SSSR count). The summed E-state index contributed by atoms with van der Waals surface area (Å²) < 4.78 is 5.88. The van der Waals surface area contributed by atoms with E-state index < -0.39 is 23.8 Å². The zero-order chi connectivity index (χ0) is 36.1. The first-order valence-corrected chi connectivity index (χ1v) is 17.6. The molecule has 0 aliphatic heterocycles. The van der Waals surface area contributed by atoms with E-state index in [9.17, 15) is 14.4 Å². The van der Waals surface area contributed by atoms with Gasteiger partial charge in [-0.2, -0.15) is 0 Å². The summed E-state index contributed by atoms with van der Waals surface area (Å²) in [6.07, 6.45) is 9.30. The number of hydrogen-bond acceptors (Lipinski definition) is 6. The van der Waals surface area contributed by atoms with Crippen molar-refractivity contribution in [3.63, 3.8) is 0 Å². The Kier molecular flexibility index (Phi) is 13.9. The fraction of sp³-hybridized carbons (Fsp3) is 0.375. The lowest BCUT2D eigenvalue weighted by molar-refractivity contribution is -0.137. The Bertz CT molecular complexity index is 1720. The predicted molar refractivity (Wildman–Crippen MR) is 198 cm³/mol. The lowest BCUT2D eigenvalue weighted by Gasteiger charge is -2.20. The average molecular weight is 699 g/mol. The van der Waals surface area contributed by atoms with Crippen molar-refractivity contribution in [2.75, 3.05) is 13.2 Å². The van der Waals surface area contributed by atoms with Crippen LogP contribution in [0.4, 0.5) is 0 Å². The van der Waals surface area contributed by atoms with Crippen LogP contribution in [0.25, 0.3) is 22.5 Å². The first-order valence-electron chi connectivity index (χ1n) is 17.2. The van der Waals surface area contributed by atoms with E-state index in [1.807, 2.05) is 54.6 Å². The van der Waals surface area contributed by atoms with Crippen LogP contribution in [0.2, 0.25) is 5.02 Å². The Labute approximate surface area is 299 Å². The van der Waals surface area contributed by atoms with E-state index in [2.05, 4.69) is 48.3 Å². The molecule has 0 aliphatic rings. The van der Waals surface area contributed by atoms with Gasteiger partial charge in [0.15, 0.2) is 5.82 Å². The number of halogens is 1. The second-order valence-electron chi connectivity index (χ2n) is 13.4. The maximum absolute atomic E-state index is 13.2. The SMILES string of the molecule is CCCCCCCOc1ccc(-c2cnc(-c3ccc(CC(NC(=O)c4ccc(C(C)(C)C)cc4)C(=O)NCCC(=O)O)cc3)nc2)cc1Cl. The van der Waals surface area contributed by atoms with Crippen molar-refractivity contribution in [2.24, 2.45) is 0 Å². The van der Waals surface area contributed by atoms with E-state index in [0.717, 1.165) is 40.7 Å². The van der Waals surface area contributed by atoms with Gasteiger partial charge in [-0.05, 0) is 52.8 Å². The summed E-state index contributed by atoms with van der Waals surface area (Å²) in [5.74, 6) is -0.681. The van der Waals surface area contributed by atoms with Crippen molar-refractivity contribution in [2.45, 2.75) is 84.1 Å². The molecule has 1 aromatic heterocycles. The van der Waals surface area contributed by atoms with Crippen molar-refractivity contribution >= 4 is 29.4 Å². The quantitative estimate of drug-likeness (QED) is 0.0952. The smallest absolute Gasteiger partial charge is 0.305 e. The van der Waals surface area contributed by atoms with Crippen molar-refractivity contribution in [1.82, 2.24) is 20.6 Å². The van der Waals surface area contributed by atoms with Crippen LogP contribution in [0.1, 0.15) is 87.7 Å². The molecule has 10 heteroatoms. The molecule has 2 amide bonds. The number of aromatic nitrogens is 2. The van der Waals surface area contributed by atoms with Gasteiger partial charge in [0, 0.05) is 42.0 Å². The van der Waals surface area contributed by atoms with Gasteiger partial charge in [-0.25, -0.2) is 9.97 Å². The fourth-order valence-electron chi connectivity index (χ4n) is 5.33. The normalized spacial score (nSPS) is 11.9. The zero-order valence-electron chi connectivity index (χ0n) is 29.3. The first kappa shape index (κ1) is 38.0. The first-order chi connectivity index (χ1) is 23.9. The average Bonchev–Trinajstić information content (AvgIpc) is 3.10. The molecular weight excluding hydrogens is 652 g/mol. The van der Waals surface area contributed by atoms with Gasteiger partial charge in [0.05, 0.1) is 18.1 Å². The number of aliphatic carboxylic acids is 1. The number of amides is 2. The third-order valence-electron chi connectivity index (χ3n) is 8.35. The predicted octanol–water partition coefficient (Wildman–Crippen LogP) is 8.04. The number of rotatable bonds is 17. The molecule has 1 atom stereocenters. The molecule has 264 valence electrons. The van der Waals surface area contributed by atoms with Crippen molar-refractivity contribution in [1.29, 1.82) is 0 Å². The van der Waals surface area contributed by atoms with Crippen molar-refractivity contribution in [3.05, 3.63) is 101 Å². The van der Waals surface area contributed by atoms with Gasteiger partial charge >= 0.3 is 5.97 Å². The van der Waals surface area contributed by atoms with Gasteiger partial charge in [-0.3, -0.25) is 14.4 Å². The van der Waals surface area contributed by atoms with Crippen LogP contribution in [0.3, 0.4) is 0 Å². The standard InChI is InChI=1S/C40H47ClN4O5/c1-5-6-7-8-9-22-50-35-19-16-30(24-33(35)41)31-25-43-37(44-26-31)28-12-10-27(11-13-28)23-34(39(49)42-21-20-36(46)47)45-38(48)29-14-17-32(18-15-29)40(2,3)4/h10-19,24-26,34H,5-9,20-23H2,1-4H3,(H,42,49)(H,45,48)(H,46,47). The highest BCUT2D eigenvalue weighted by Crippen LogP contribution is 2.31. The molecule has 0 fully saturated rings. The monoisotopic (exact) mass is 698 g/mol. The van der Waals surface area contributed by atoms with Crippen molar-refractivity contribution in [3.8, 4) is 28.3 Å². The van der Waals surface area contributed by atoms with Crippen LogP contribution >= 0.6 is 11.6 Å². The van der Waals surface area contributed by atoms with Crippen LogP contribution in [-0.4, -0.2) is 52.1 Å². The zero-order valence-corrected chi connectivity index (χ0v) is 30.1. The molecule has 3 aromatic carbocycles. The Morgan fingerprint density at radius 3 is 2.14 bits per heavy atom. The maximum atomic E-state index is 13.2. The van der Waals surface area contributed by atoms with Gasteiger partial charge in [0.1, 0.15) is 11.8 Å². The number of ether oxygens (including phenoxy) is 1. The Hall–Kier alpha value is -4.76. The highest BCUT2D eigenvalue weighted by atomic mass is 35.5. The molecule has 1 heterocycles. The number of nitrogens with zero attached hydrogens (tertiary/aromatic N) is 2. The lowest BCUT2D eigenvalue weighted by Crippen LogP contribution is -2.48. The number of nitrogens with one attached hydrogen (secondary N) is 2. The van der Waals surface area contributed by atoms with Gasteiger partial charge in [0.2, 0.25) is 5.91 Å². The number of carbonyl (C=O) groups is 3. The van der Waals surface area contributed by atoms with Crippen LogP contribution < -0.4 is 15.4 Å². The Morgan fingerprint density at radius 2 is 1.52 bits per heavy atom. The molecule has 3 N–H and O–H groups in total. The third-order valence-corrected chi connectivity index (χ3v) is 8.64. The maximum Gasteiger partial charge on any atom is 0.305 e. The van der Waals surface area contributed by atoms with E-state index in [4.69, 9.17) is 21.4 Å². The second-order valence-corrected chi connectivity index (χ2v) is 13.8. The molecule has 1 unspecified atom stereocenters. The van der Waals surface area contributed by atoms with Gasteiger partial charge in [-0.1, -0.05) is 107 Å². The summed E-state index contributed by atoms with van der Waals surface area (Å²) in [4.78, 5) is 46.4. The molecule has 0 aliphatic carbocycles. The summed E-state index contributed by atoms with van der Waals surface area (Å²) in [7, 11) is 0. The molecule has 4 aromatic rings. The molecule has 0 bridgehead atoms. The van der Waals surface area contributed by atoms with E-state index in [1.54, 1.807) is 24.5 Å². The van der Waals surface area contributed by atoms with E-state index >= 15 is 0 Å². The van der Waals surface area contributed by atoms with E-state index in [-0.39, 0.29) is 24.8 Å². The molecule has 0 saturated carbocycles. The molecule has 0 saturated heterocycles. The molecule has 0 spiro atoms. The van der Waals surface area contributed by atoms with Crippen molar-refractivity contribution < 1.29 is 24.2 Å².